The number of nitrogens with one attached hydrogen (secondary N) is 1. The summed E-state index contributed by atoms with van der Waals surface area (Å²) in [6.45, 7) is 3.80. The van der Waals surface area contributed by atoms with Crippen LogP contribution in [0, 0.1) is 0 Å². The molecule has 1 N–H and O–H groups in total. The van der Waals surface area contributed by atoms with E-state index in [9.17, 15) is 9.59 Å². The van der Waals surface area contributed by atoms with Crippen molar-refractivity contribution in [1.82, 2.24) is 5.32 Å². The first-order valence-electron chi connectivity index (χ1n) is 8.99. The highest BCUT2D eigenvalue weighted by molar-refractivity contribution is 5.92. The van der Waals surface area contributed by atoms with Crippen molar-refractivity contribution in [2.24, 2.45) is 0 Å². The van der Waals surface area contributed by atoms with Gasteiger partial charge in [-0.05, 0) is 47.4 Å². The van der Waals surface area contributed by atoms with Crippen LogP contribution in [0.4, 0.5) is 0 Å². The van der Waals surface area contributed by atoms with Crippen molar-refractivity contribution in [2.45, 2.75) is 13.0 Å². The lowest BCUT2D eigenvalue weighted by molar-refractivity contribution is -0.116. The topological polar surface area (TPSA) is 55.4 Å². The zero-order valence-corrected chi connectivity index (χ0v) is 15.4. The zero-order chi connectivity index (χ0) is 19.8. The van der Waals surface area contributed by atoms with Gasteiger partial charge in [-0.3, -0.25) is 4.79 Å². The Kier molecular flexibility index (Phi) is 6.37. The van der Waals surface area contributed by atoms with Gasteiger partial charge >= 0.3 is 5.97 Å². The van der Waals surface area contributed by atoms with E-state index in [2.05, 4.69) is 11.9 Å². The number of hydrogen-bond donors (Lipinski definition) is 1. The Morgan fingerprint density at radius 2 is 1.54 bits per heavy atom. The maximum atomic E-state index is 12.7. The molecular formula is C24H21NO3. The van der Waals surface area contributed by atoms with Crippen molar-refractivity contribution in [3.63, 3.8) is 0 Å². The van der Waals surface area contributed by atoms with Crippen LogP contribution >= 0.6 is 0 Å². The minimum Gasteiger partial charge on any atom is -0.423 e. The molecule has 0 spiro atoms. The van der Waals surface area contributed by atoms with E-state index in [4.69, 9.17) is 4.74 Å². The van der Waals surface area contributed by atoms with Gasteiger partial charge in [0.05, 0.1) is 5.56 Å². The molecule has 0 aromatic heterocycles. The number of esters is 1. The molecule has 0 radical (unpaired) electrons. The zero-order valence-electron chi connectivity index (χ0n) is 15.4. The normalized spacial score (nSPS) is 10.1. The minimum absolute atomic E-state index is 0.231. The molecule has 0 fully saturated rings. The van der Waals surface area contributed by atoms with E-state index in [0.717, 1.165) is 16.7 Å². The van der Waals surface area contributed by atoms with E-state index in [1.807, 2.05) is 60.7 Å². The molecule has 0 atom stereocenters. The van der Waals surface area contributed by atoms with Crippen LogP contribution in [0.2, 0.25) is 0 Å². The molecule has 28 heavy (non-hydrogen) atoms. The number of rotatable bonds is 7. The molecule has 0 bridgehead atoms. The van der Waals surface area contributed by atoms with Crippen LogP contribution in [0.1, 0.15) is 27.0 Å². The van der Waals surface area contributed by atoms with Crippen molar-refractivity contribution in [1.29, 1.82) is 0 Å². The van der Waals surface area contributed by atoms with E-state index >= 15 is 0 Å². The fourth-order valence-corrected chi connectivity index (χ4v) is 2.79. The molecular weight excluding hydrogens is 350 g/mol. The molecule has 3 rings (SSSR count). The molecule has 140 valence electrons. The number of hydrogen-bond acceptors (Lipinski definition) is 3. The van der Waals surface area contributed by atoms with Crippen LogP contribution in [-0.4, -0.2) is 11.9 Å². The van der Waals surface area contributed by atoms with Crippen molar-refractivity contribution in [3.8, 4) is 5.75 Å². The molecule has 0 aliphatic rings. The molecule has 0 unspecified atom stereocenters. The smallest absolute Gasteiger partial charge is 0.343 e. The molecule has 0 aliphatic heterocycles. The van der Waals surface area contributed by atoms with Gasteiger partial charge in [0.1, 0.15) is 5.75 Å². The highest BCUT2D eigenvalue weighted by Crippen LogP contribution is 2.18. The Labute approximate surface area is 164 Å². The second kappa shape index (κ2) is 9.33. The van der Waals surface area contributed by atoms with E-state index in [-0.39, 0.29) is 11.9 Å². The highest BCUT2D eigenvalue weighted by atomic mass is 16.5. The molecule has 0 saturated heterocycles. The third kappa shape index (κ3) is 5.17. The van der Waals surface area contributed by atoms with E-state index < -0.39 is 0 Å². The first-order valence-corrected chi connectivity index (χ1v) is 8.99. The molecule has 4 heteroatoms. The fourth-order valence-electron chi connectivity index (χ4n) is 2.79. The quantitative estimate of drug-likeness (QED) is 0.383. The lowest BCUT2D eigenvalue weighted by Crippen LogP contribution is -2.19. The van der Waals surface area contributed by atoms with Crippen molar-refractivity contribution < 1.29 is 14.3 Å². The van der Waals surface area contributed by atoms with Gasteiger partial charge < -0.3 is 10.1 Å². The van der Waals surface area contributed by atoms with Crippen molar-refractivity contribution >= 4 is 11.9 Å². The van der Waals surface area contributed by atoms with E-state index in [1.54, 1.807) is 18.2 Å². The predicted octanol–water partition coefficient (Wildman–Crippen LogP) is 4.30. The molecule has 3 aromatic rings. The minimum atomic E-state index is -0.390. The first-order chi connectivity index (χ1) is 13.7. The molecule has 1 amide bonds. The predicted molar refractivity (Wildman–Crippen MR) is 109 cm³/mol. The lowest BCUT2D eigenvalue weighted by Gasteiger charge is -2.10. The van der Waals surface area contributed by atoms with Crippen LogP contribution in [0.15, 0.2) is 91.5 Å². The van der Waals surface area contributed by atoms with E-state index in [1.165, 1.54) is 6.08 Å². The summed E-state index contributed by atoms with van der Waals surface area (Å²) in [6.07, 6.45) is 1.89. The van der Waals surface area contributed by atoms with Gasteiger partial charge in [-0.1, -0.05) is 67.2 Å². The second-order valence-electron chi connectivity index (χ2n) is 6.27. The van der Waals surface area contributed by atoms with Crippen LogP contribution in [0.3, 0.4) is 0 Å². The lowest BCUT2D eigenvalue weighted by atomic mass is 10.00. The molecule has 0 heterocycles. The van der Waals surface area contributed by atoms with Crippen LogP contribution in [0.5, 0.6) is 5.75 Å². The summed E-state index contributed by atoms with van der Waals surface area (Å²) in [6, 6.07) is 24.5. The number of ether oxygens (including phenoxy) is 1. The first kappa shape index (κ1) is 19.1. The standard InChI is InChI=1S/C24H21NO3/c1-2-23(26)25-17-19-12-14-21(15-13-19)28-24(27)22-11-7-6-10-20(22)16-18-8-4-3-5-9-18/h2-15H,1,16-17H2,(H,25,26). The van der Waals surface area contributed by atoms with Gasteiger partial charge in [-0.15, -0.1) is 0 Å². The van der Waals surface area contributed by atoms with Crippen LogP contribution < -0.4 is 10.1 Å². The Hall–Kier alpha value is -3.66. The van der Waals surface area contributed by atoms with Gasteiger partial charge in [0.2, 0.25) is 5.91 Å². The largest absolute Gasteiger partial charge is 0.423 e. The van der Waals surface area contributed by atoms with Gasteiger partial charge in [0, 0.05) is 6.54 Å². The monoisotopic (exact) mass is 371 g/mol. The van der Waals surface area contributed by atoms with Gasteiger partial charge in [-0.25, -0.2) is 4.79 Å². The molecule has 3 aromatic carbocycles. The summed E-state index contributed by atoms with van der Waals surface area (Å²) in [5, 5.41) is 2.70. The molecule has 0 aliphatic carbocycles. The van der Waals surface area contributed by atoms with Crippen LogP contribution in [-0.2, 0) is 17.8 Å². The number of benzene rings is 3. The third-order valence-corrected chi connectivity index (χ3v) is 4.26. The summed E-state index contributed by atoms with van der Waals surface area (Å²) >= 11 is 0. The summed E-state index contributed by atoms with van der Waals surface area (Å²) in [7, 11) is 0. The van der Waals surface area contributed by atoms with E-state index in [0.29, 0.717) is 24.3 Å². The molecule has 0 saturated carbocycles. The highest BCUT2D eigenvalue weighted by Gasteiger charge is 2.13. The maximum Gasteiger partial charge on any atom is 0.343 e. The number of amides is 1. The van der Waals surface area contributed by atoms with Gasteiger partial charge in [0.15, 0.2) is 0 Å². The third-order valence-electron chi connectivity index (χ3n) is 4.26. The van der Waals surface area contributed by atoms with Gasteiger partial charge in [-0.2, -0.15) is 0 Å². The van der Waals surface area contributed by atoms with Crippen molar-refractivity contribution in [2.75, 3.05) is 0 Å². The van der Waals surface area contributed by atoms with Crippen LogP contribution in [0.25, 0.3) is 0 Å². The summed E-state index contributed by atoms with van der Waals surface area (Å²) < 4.78 is 5.54. The summed E-state index contributed by atoms with van der Waals surface area (Å²) in [4.78, 5) is 23.9. The Morgan fingerprint density at radius 3 is 2.25 bits per heavy atom. The number of carbonyl (C=O) groups excluding carboxylic acids is 2. The average Bonchev–Trinajstić information content (AvgIpc) is 2.74. The summed E-state index contributed by atoms with van der Waals surface area (Å²) in [5.74, 6) is -0.164. The van der Waals surface area contributed by atoms with Gasteiger partial charge in [0.25, 0.3) is 0 Å². The average molecular weight is 371 g/mol. The Bertz CT molecular complexity index is 963. The number of carbonyl (C=O) groups is 2. The summed E-state index contributed by atoms with van der Waals surface area (Å²) in [5.41, 5.74) is 3.50. The fraction of sp³-hybridized carbons (Fsp3) is 0.0833. The Morgan fingerprint density at radius 1 is 0.857 bits per heavy atom. The SMILES string of the molecule is C=CC(=O)NCc1ccc(OC(=O)c2ccccc2Cc2ccccc2)cc1. The Balaban J connectivity index is 1.68. The van der Waals surface area contributed by atoms with Crippen molar-refractivity contribution in [3.05, 3.63) is 114 Å². The second-order valence-corrected chi connectivity index (χ2v) is 6.27. The molecule has 4 nitrogen and oxygen atoms in total. The maximum absolute atomic E-state index is 12.7.